The smallest absolute Gasteiger partial charge is 0.166 e. The van der Waals surface area contributed by atoms with E-state index in [0.717, 1.165) is 38.2 Å². The van der Waals surface area contributed by atoms with Gasteiger partial charge in [-0.25, -0.2) is 0 Å². The van der Waals surface area contributed by atoms with Crippen LogP contribution in [0.2, 0.25) is 0 Å². The minimum absolute atomic E-state index is 0.145. The van der Waals surface area contributed by atoms with Crippen LogP contribution in [0, 0.1) is 0 Å². The van der Waals surface area contributed by atoms with E-state index in [1.54, 1.807) is 0 Å². The summed E-state index contributed by atoms with van der Waals surface area (Å²) in [5, 5.41) is 11.4. The van der Waals surface area contributed by atoms with E-state index in [-0.39, 0.29) is 6.04 Å². The third-order valence-corrected chi connectivity index (χ3v) is 3.62. The third-order valence-electron chi connectivity index (χ3n) is 3.35. The minimum Gasteiger partial charge on any atom is -0.376 e. The number of nitrogens with zero attached hydrogens (tertiary/aromatic N) is 2. The fraction of sp³-hybridized carbons (Fsp3) is 0.692. The van der Waals surface area contributed by atoms with Gasteiger partial charge in [-0.2, -0.15) is 5.10 Å². The molecule has 0 aromatic carbocycles. The van der Waals surface area contributed by atoms with E-state index in [1.165, 1.54) is 0 Å². The van der Waals surface area contributed by atoms with Crippen LogP contribution in [-0.4, -0.2) is 34.1 Å². The second kappa shape index (κ2) is 6.86. The molecule has 1 aliphatic rings. The second-order valence-corrected chi connectivity index (χ2v) is 5.19. The molecule has 2 rings (SSSR count). The molecule has 1 aromatic heterocycles. The highest BCUT2D eigenvalue weighted by Crippen LogP contribution is 2.12. The van der Waals surface area contributed by atoms with Crippen molar-refractivity contribution in [1.29, 1.82) is 0 Å². The summed E-state index contributed by atoms with van der Waals surface area (Å²) in [4.78, 5) is 0. The standard InChI is InChI=1S/C13H22N4OS/c1-3-17-12(6-7-15-17)10(2)16-13(19)14-9-11-5-4-8-18-11/h6-7,10-11H,3-5,8-9H2,1-2H3,(H2,14,16,19). The molecule has 2 unspecified atom stereocenters. The quantitative estimate of drug-likeness (QED) is 0.804. The van der Waals surface area contributed by atoms with E-state index in [1.807, 2.05) is 16.9 Å². The van der Waals surface area contributed by atoms with Gasteiger partial charge < -0.3 is 15.4 Å². The van der Waals surface area contributed by atoms with Gasteiger partial charge >= 0.3 is 0 Å². The van der Waals surface area contributed by atoms with E-state index >= 15 is 0 Å². The molecule has 106 valence electrons. The van der Waals surface area contributed by atoms with Gasteiger partial charge in [-0.1, -0.05) is 0 Å². The van der Waals surface area contributed by atoms with Crippen molar-refractivity contribution in [3.05, 3.63) is 18.0 Å². The number of nitrogens with one attached hydrogen (secondary N) is 2. The Morgan fingerprint density at radius 1 is 1.68 bits per heavy atom. The summed E-state index contributed by atoms with van der Waals surface area (Å²) >= 11 is 5.31. The first kappa shape index (κ1) is 14.3. The maximum atomic E-state index is 5.55. The van der Waals surface area contributed by atoms with Crippen molar-refractivity contribution >= 4 is 17.3 Å². The average molecular weight is 282 g/mol. The molecule has 0 radical (unpaired) electrons. The van der Waals surface area contributed by atoms with Crippen LogP contribution in [-0.2, 0) is 11.3 Å². The largest absolute Gasteiger partial charge is 0.376 e. The van der Waals surface area contributed by atoms with Gasteiger partial charge in [0.05, 0.1) is 17.8 Å². The first-order valence-corrected chi connectivity index (χ1v) is 7.29. The van der Waals surface area contributed by atoms with E-state index in [2.05, 4.69) is 29.6 Å². The minimum atomic E-state index is 0.145. The maximum absolute atomic E-state index is 5.55. The number of ether oxygens (including phenoxy) is 1. The molecule has 0 spiro atoms. The molecule has 19 heavy (non-hydrogen) atoms. The maximum Gasteiger partial charge on any atom is 0.166 e. The molecule has 0 bridgehead atoms. The number of hydrogen-bond donors (Lipinski definition) is 2. The van der Waals surface area contributed by atoms with Gasteiger partial charge in [0.25, 0.3) is 0 Å². The molecule has 2 atom stereocenters. The Kier molecular flexibility index (Phi) is 5.15. The summed E-state index contributed by atoms with van der Waals surface area (Å²) in [6.45, 7) is 6.69. The number of hydrogen-bond acceptors (Lipinski definition) is 3. The van der Waals surface area contributed by atoms with E-state index in [0.29, 0.717) is 11.2 Å². The Bertz CT molecular complexity index is 415. The van der Waals surface area contributed by atoms with Crippen LogP contribution < -0.4 is 10.6 Å². The Morgan fingerprint density at radius 2 is 2.53 bits per heavy atom. The fourth-order valence-corrected chi connectivity index (χ4v) is 2.57. The number of rotatable bonds is 5. The number of aromatic nitrogens is 2. The zero-order valence-electron chi connectivity index (χ0n) is 11.6. The Morgan fingerprint density at radius 3 is 3.21 bits per heavy atom. The lowest BCUT2D eigenvalue weighted by atomic mass is 10.2. The van der Waals surface area contributed by atoms with Gasteiger partial charge in [0, 0.05) is 25.9 Å². The lowest BCUT2D eigenvalue weighted by molar-refractivity contribution is 0.114. The predicted octanol–water partition coefficient (Wildman–Crippen LogP) is 1.61. The zero-order valence-corrected chi connectivity index (χ0v) is 12.4. The summed E-state index contributed by atoms with van der Waals surface area (Å²) in [5.41, 5.74) is 1.14. The van der Waals surface area contributed by atoms with Crippen LogP contribution in [0.5, 0.6) is 0 Å². The van der Waals surface area contributed by atoms with Gasteiger partial charge in [0.2, 0.25) is 0 Å². The molecule has 0 saturated carbocycles. The van der Waals surface area contributed by atoms with E-state index in [9.17, 15) is 0 Å². The highest BCUT2D eigenvalue weighted by Gasteiger charge is 2.16. The predicted molar refractivity (Wildman–Crippen MR) is 79.0 cm³/mol. The van der Waals surface area contributed by atoms with Crippen LogP contribution in [0.15, 0.2) is 12.3 Å². The Labute approximate surface area is 119 Å². The lowest BCUT2D eigenvalue weighted by Gasteiger charge is -2.19. The average Bonchev–Trinajstić information content (AvgIpc) is 3.07. The highest BCUT2D eigenvalue weighted by molar-refractivity contribution is 7.80. The molecule has 2 heterocycles. The van der Waals surface area contributed by atoms with Gasteiger partial charge in [0.15, 0.2) is 5.11 Å². The van der Waals surface area contributed by atoms with E-state index < -0.39 is 0 Å². The first-order chi connectivity index (χ1) is 9.20. The fourth-order valence-electron chi connectivity index (χ4n) is 2.31. The van der Waals surface area contributed by atoms with E-state index in [4.69, 9.17) is 17.0 Å². The van der Waals surface area contributed by atoms with Crippen LogP contribution in [0.25, 0.3) is 0 Å². The number of thiocarbonyl (C=S) groups is 1. The van der Waals surface area contributed by atoms with Gasteiger partial charge in [-0.3, -0.25) is 4.68 Å². The van der Waals surface area contributed by atoms with Gasteiger partial charge in [0.1, 0.15) is 0 Å². The number of aryl methyl sites for hydroxylation is 1. The normalized spacial score (nSPS) is 20.2. The summed E-state index contributed by atoms with van der Waals surface area (Å²) < 4.78 is 7.53. The van der Waals surface area contributed by atoms with Crippen molar-refractivity contribution in [2.45, 2.75) is 45.4 Å². The lowest BCUT2D eigenvalue weighted by Crippen LogP contribution is -2.40. The van der Waals surface area contributed by atoms with Crippen molar-refractivity contribution in [1.82, 2.24) is 20.4 Å². The molecule has 0 aliphatic carbocycles. The molecular formula is C13H22N4OS. The van der Waals surface area contributed by atoms with Crippen LogP contribution >= 0.6 is 12.2 Å². The SMILES string of the molecule is CCn1nccc1C(C)NC(=S)NCC1CCCO1. The topological polar surface area (TPSA) is 51.1 Å². The summed E-state index contributed by atoms with van der Waals surface area (Å²) in [5.74, 6) is 0. The van der Waals surface area contributed by atoms with Crippen LogP contribution in [0.1, 0.15) is 38.4 Å². The summed E-state index contributed by atoms with van der Waals surface area (Å²) in [7, 11) is 0. The molecule has 5 nitrogen and oxygen atoms in total. The monoisotopic (exact) mass is 282 g/mol. The molecule has 1 fully saturated rings. The van der Waals surface area contributed by atoms with Crippen molar-refractivity contribution < 1.29 is 4.74 Å². The van der Waals surface area contributed by atoms with Crippen LogP contribution in [0.4, 0.5) is 0 Å². The summed E-state index contributed by atoms with van der Waals surface area (Å²) in [6, 6.07) is 2.16. The molecule has 2 N–H and O–H groups in total. The molecule has 1 saturated heterocycles. The Balaban J connectivity index is 1.78. The molecule has 1 aliphatic heterocycles. The van der Waals surface area contributed by atoms with Gasteiger partial charge in [-0.15, -0.1) is 0 Å². The molecule has 6 heteroatoms. The highest BCUT2D eigenvalue weighted by atomic mass is 32.1. The third kappa shape index (κ3) is 3.91. The first-order valence-electron chi connectivity index (χ1n) is 6.88. The Hall–Kier alpha value is -1.14. The second-order valence-electron chi connectivity index (χ2n) is 4.78. The molecule has 1 aromatic rings. The van der Waals surface area contributed by atoms with Crippen molar-refractivity contribution in [2.75, 3.05) is 13.2 Å². The van der Waals surface area contributed by atoms with Gasteiger partial charge in [-0.05, 0) is 45.0 Å². The van der Waals surface area contributed by atoms with Crippen molar-refractivity contribution in [3.8, 4) is 0 Å². The van der Waals surface area contributed by atoms with Crippen molar-refractivity contribution in [2.24, 2.45) is 0 Å². The zero-order chi connectivity index (χ0) is 13.7. The molecule has 0 amide bonds. The molecular weight excluding hydrogens is 260 g/mol. The van der Waals surface area contributed by atoms with Crippen molar-refractivity contribution in [3.63, 3.8) is 0 Å². The van der Waals surface area contributed by atoms with Crippen LogP contribution in [0.3, 0.4) is 0 Å². The summed E-state index contributed by atoms with van der Waals surface area (Å²) in [6.07, 6.45) is 4.39.